The van der Waals surface area contributed by atoms with Crippen molar-refractivity contribution in [2.75, 3.05) is 0 Å². The van der Waals surface area contributed by atoms with Gasteiger partial charge in [0.15, 0.2) is 23.6 Å². The summed E-state index contributed by atoms with van der Waals surface area (Å²) in [6.07, 6.45) is 0.538. The van der Waals surface area contributed by atoms with Crippen LogP contribution in [0.2, 0.25) is 0 Å². The highest BCUT2D eigenvalue weighted by Gasteiger charge is 2.12. The predicted octanol–water partition coefficient (Wildman–Crippen LogP) is 2.72. The normalized spacial score (nSPS) is 10.2. The van der Waals surface area contributed by atoms with Gasteiger partial charge in [0.1, 0.15) is 12.4 Å². The number of rotatable bonds is 5. The molecule has 19 heavy (non-hydrogen) atoms. The van der Waals surface area contributed by atoms with Crippen molar-refractivity contribution in [2.45, 2.75) is 6.61 Å². The zero-order valence-corrected chi connectivity index (χ0v) is 9.54. The Morgan fingerprint density at radius 1 is 1.37 bits per heavy atom. The molecule has 0 saturated heterocycles. The molecular formula is C12H8FNO5. The van der Waals surface area contributed by atoms with Crippen LogP contribution in [0.15, 0.2) is 34.7 Å². The molecule has 6 nitrogen and oxygen atoms in total. The average molecular weight is 265 g/mol. The first-order valence-electron chi connectivity index (χ1n) is 5.21. The summed E-state index contributed by atoms with van der Waals surface area (Å²) in [7, 11) is 0. The maximum Gasteiger partial charge on any atom is 0.272 e. The predicted molar refractivity (Wildman–Crippen MR) is 61.5 cm³/mol. The van der Waals surface area contributed by atoms with Crippen molar-refractivity contribution in [3.63, 3.8) is 0 Å². The Labute approximate surface area is 106 Å². The first kappa shape index (κ1) is 12.7. The van der Waals surface area contributed by atoms with Gasteiger partial charge in [-0.15, -0.1) is 0 Å². The Kier molecular flexibility index (Phi) is 3.56. The third-order valence-corrected chi connectivity index (χ3v) is 2.29. The first-order chi connectivity index (χ1) is 9.10. The van der Waals surface area contributed by atoms with Crippen molar-refractivity contribution in [1.82, 2.24) is 0 Å². The molecule has 0 aliphatic heterocycles. The molecule has 1 heterocycles. The summed E-state index contributed by atoms with van der Waals surface area (Å²) in [6, 6.07) is 6.05. The van der Waals surface area contributed by atoms with Crippen LogP contribution in [-0.2, 0) is 6.61 Å². The summed E-state index contributed by atoms with van der Waals surface area (Å²) in [6.45, 7) is -0.0808. The molecule has 1 aromatic heterocycles. The summed E-state index contributed by atoms with van der Waals surface area (Å²) >= 11 is 0. The van der Waals surface area contributed by atoms with Gasteiger partial charge in [-0.3, -0.25) is 14.9 Å². The van der Waals surface area contributed by atoms with Crippen LogP contribution in [0.4, 0.5) is 10.1 Å². The van der Waals surface area contributed by atoms with E-state index in [1.54, 1.807) is 0 Å². The van der Waals surface area contributed by atoms with Gasteiger partial charge in [-0.25, -0.2) is 4.39 Å². The van der Waals surface area contributed by atoms with Gasteiger partial charge in [0.2, 0.25) is 0 Å². The van der Waals surface area contributed by atoms with E-state index in [1.807, 2.05) is 0 Å². The molecule has 0 bridgehead atoms. The molecule has 2 rings (SSSR count). The van der Waals surface area contributed by atoms with E-state index in [9.17, 15) is 19.3 Å². The fourth-order valence-corrected chi connectivity index (χ4v) is 1.40. The largest absolute Gasteiger partial charge is 0.483 e. The minimum absolute atomic E-state index is 0.0808. The molecule has 1 aromatic carbocycles. The number of ether oxygens (including phenoxy) is 1. The standard InChI is InChI=1S/C12H8FNO5/c13-11-5-8(14(16)17)1-4-12(11)18-7-10-3-2-9(6-15)19-10/h1-6H,7H2. The molecule has 2 aromatic rings. The molecule has 0 unspecified atom stereocenters. The molecule has 0 saturated carbocycles. The minimum Gasteiger partial charge on any atom is -0.483 e. The van der Waals surface area contributed by atoms with Crippen LogP contribution in [-0.4, -0.2) is 11.2 Å². The fraction of sp³-hybridized carbons (Fsp3) is 0.0833. The molecule has 0 radical (unpaired) electrons. The molecule has 0 aliphatic rings. The van der Waals surface area contributed by atoms with Crippen LogP contribution in [0.5, 0.6) is 5.75 Å². The molecule has 0 amide bonds. The lowest BCUT2D eigenvalue weighted by Gasteiger charge is -2.04. The SMILES string of the molecule is O=Cc1ccc(COc2ccc([N+](=O)[O-])cc2F)o1. The number of halogens is 1. The highest BCUT2D eigenvalue weighted by atomic mass is 19.1. The van der Waals surface area contributed by atoms with Crippen LogP contribution in [0.1, 0.15) is 16.3 Å². The summed E-state index contributed by atoms with van der Waals surface area (Å²) < 4.78 is 23.6. The second-order valence-electron chi connectivity index (χ2n) is 3.58. The van der Waals surface area contributed by atoms with Gasteiger partial charge in [0.25, 0.3) is 5.69 Å². The van der Waals surface area contributed by atoms with Gasteiger partial charge in [-0.1, -0.05) is 0 Å². The Hall–Kier alpha value is -2.70. The zero-order chi connectivity index (χ0) is 13.8. The van der Waals surface area contributed by atoms with Crippen LogP contribution in [0.3, 0.4) is 0 Å². The Balaban J connectivity index is 2.07. The first-order valence-corrected chi connectivity index (χ1v) is 5.21. The topological polar surface area (TPSA) is 82.6 Å². The number of hydrogen-bond donors (Lipinski definition) is 0. The van der Waals surface area contributed by atoms with E-state index in [1.165, 1.54) is 12.1 Å². The number of furan rings is 1. The molecule has 0 aliphatic carbocycles. The number of benzene rings is 1. The minimum atomic E-state index is -0.837. The van der Waals surface area contributed by atoms with Crippen molar-refractivity contribution < 1.29 is 23.3 Å². The Morgan fingerprint density at radius 2 is 2.16 bits per heavy atom. The Morgan fingerprint density at radius 3 is 2.74 bits per heavy atom. The number of carbonyl (C=O) groups is 1. The number of non-ortho nitro benzene ring substituents is 1. The maximum atomic E-state index is 13.5. The van der Waals surface area contributed by atoms with Crippen molar-refractivity contribution in [3.8, 4) is 5.75 Å². The number of nitro benzene ring substituents is 1. The number of nitro groups is 1. The maximum absolute atomic E-state index is 13.5. The van der Waals surface area contributed by atoms with Crippen molar-refractivity contribution >= 4 is 12.0 Å². The van der Waals surface area contributed by atoms with E-state index in [0.29, 0.717) is 12.0 Å². The summed E-state index contributed by atoms with van der Waals surface area (Å²) in [5.74, 6) is -0.478. The van der Waals surface area contributed by atoms with Crippen LogP contribution in [0.25, 0.3) is 0 Å². The number of carbonyl (C=O) groups excluding carboxylic acids is 1. The van der Waals surface area contributed by atoms with Crippen molar-refractivity contribution in [1.29, 1.82) is 0 Å². The lowest BCUT2D eigenvalue weighted by Crippen LogP contribution is -1.97. The van der Waals surface area contributed by atoms with E-state index >= 15 is 0 Å². The molecule has 0 atom stereocenters. The van der Waals surface area contributed by atoms with Crippen LogP contribution in [0, 0.1) is 15.9 Å². The molecule has 98 valence electrons. The van der Waals surface area contributed by atoms with E-state index in [2.05, 4.69) is 0 Å². The smallest absolute Gasteiger partial charge is 0.272 e. The lowest BCUT2D eigenvalue weighted by molar-refractivity contribution is -0.385. The molecule has 0 N–H and O–H groups in total. The van der Waals surface area contributed by atoms with Gasteiger partial charge in [-0.2, -0.15) is 0 Å². The van der Waals surface area contributed by atoms with E-state index in [0.717, 1.165) is 18.2 Å². The Bertz CT molecular complexity index is 622. The molecule has 7 heteroatoms. The molecule has 0 spiro atoms. The van der Waals surface area contributed by atoms with E-state index in [-0.39, 0.29) is 23.8 Å². The summed E-state index contributed by atoms with van der Waals surface area (Å²) in [5, 5.41) is 10.4. The average Bonchev–Trinajstić information content (AvgIpc) is 2.85. The summed E-state index contributed by atoms with van der Waals surface area (Å²) in [4.78, 5) is 20.1. The summed E-state index contributed by atoms with van der Waals surface area (Å²) in [5.41, 5.74) is -0.355. The highest BCUT2D eigenvalue weighted by molar-refractivity contribution is 5.70. The highest BCUT2D eigenvalue weighted by Crippen LogP contribution is 2.23. The fourth-order valence-electron chi connectivity index (χ4n) is 1.40. The van der Waals surface area contributed by atoms with Gasteiger partial charge in [0.05, 0.1) is 11.0 Å². The second kappa shape index (κ2) is 5.30. The molecular weight excluding hydrogens is 257 g/mol. The van der Waals surface area contributed by atoms with Crippen LogP contribution >= 0.6 is 0 Å². The van der Waals surface area contributed by atoms with Crippen molar-refractivity contribution in [2.24, 2.45) is 0 Å². The van der Waals surface area contributed by atoms with Crippen molar-refractivity contribution in [3.05, 3.63) is 57.8 Å². The second-order valence-corrected chi connectivity index (χ2v) is 3.58. The number of hydrogen-bond acceptors (Lipinski definition) is 5. The quantitative estimate of drug-likeness (QED) is 0.471. The lowest BCUT2D eigenvalue weighted by atomic mass is 10.3. The van der Waals surface area contributed by atoms with Gasteiger partial charge in [0, 0.05) is 6.07 Å². The third-order valence-electron chi connectivity index (χ3n) is 2.29. The molecule has 0 fully saturated rings. The third kappa shape index (κ3) is 2.95. The van der Waals surface area contributed by atoms with E-state index < -0.39 is 10.7 Å². The van der Waals surface area contributed by atoms with Gasteiger partial charge >= 0.3 is 0 Å². The van der Waals surface area contributed by atoms with E-state index in [4.69, 9.17) is 9.15 Å². The van der Waals surface area contributed by atoms with Gasteiger partial charge < -0.3 is 9.15 Å². The number of aldehydes is 1. The van der Waals surface area contributed by atoms with Crippen LogP contribution < -0.4 is 4.74 Å². The monoisotopic (exact) mass is 265 g/mol. The zero-order valence-electron chi connectivity index (χ0n) is 9.54. The number of nitrogens with zero attached hydrogens (tertiary/aromatic N) is 1. The van der Waals surface area contributed by atoms with Gasteiger partial charge in [-0.05, 0) is 18.2 Å².